The summed E-state index contributed by atoms with van der Waals surface area (Å²) < 4.78 is 15.8. The second kappa shape index (κ2) is 9.78. The van der Waals surface area contributed by atoms with E-state index in [9.17, 15) is 14.4 Å². The zero-order valence-corrected chi connectivity index (χ0v) is 19.3. The molecule has 1 aromatic heterocycles. The number of rotatable bonds is 7. The van der Waals surface area contributed by atoms with Crippen LogP contribution in [-0.2, 0) is 28.6 Å². The summed E-state index contributed by atoms with van der Waals surface area (Å²) in [5.41, 5.74) is 2.25. The van der Waals surface area contributed by atoms with E-state index in [1.807, 2.05) is 45.2 Å². The quantitative estimate of drug-likeness (QED) is 0.389. The Morgan fingerprint density at radius 3 is 2.65 bits per heavy atom. The van der Waals surface area contributed by atoms with Gasteiger partial charge in [-0.3, -0.25) is 9.59 Å². The summed E-state index contributed by atoms with van der Waals surface area (Å²) in [4.78, 5) is 39.8. The standard InChI is InChI=1S/C23H29NO6S/c1-12(2)29-8-9-30-23(27)18-14(4)24-15-11-13(3)17(22(26)28-5)21(25)19(15)20(18)16-7-6-10-31-16/h6-7,10,12-13,17,20,24H,8-9,11H2,1-5H3/t13-,17-,20+/m1/s1. The maximum Gasteiger partial charge on any atom is 0.336 e. The minimum Gasteiger partial charge on any atom is -0.468 e. The first-order valence-electron chi connectivity index (χ1n) is 10.4. The number of ketones is 1. The molecule has 0 saturated carbocycles. The third-order valence-electron chi connectivity index (χ3n) is 5.56. The van der Waals surface area contributed by atoms with E-state index in [1.165, 1.54) is 18.4 Å². The van der Waals surface area contributed by atoms with Crippen LogP contribution in [0.2, 0.25) is 0 Å². The average molecular weight is 448 g/mol. The molecule has 7 nitrogen and oxygen atoms in total. The van der Waals surface area contributed by atoms with E-state index < -0.39 is 23.8 Å². The number of carbonyl (C=O) groups excluding carboxylic acids is 3. The number of allylic oxidation sites excluding steroid dienone is 3. The van der Waals surface area contributed by atoms with Crippen molar-refractivity contribution < 1.29 is 28.6 Å². The predicted octanol–water partition coefficient (Wildman–Crippen LogP) is 3.33. The molecule has 2 aliphatic rings. The largest absolute Gasteiger partial charge is 0.468 e. The van der Waals surface area contributed by atoms with Gasteiger partial charge in [-0.25, -0.2) is 4.79 Å². The summed E-state index contributed by atoms with van der Waals surface area (Å²) in [5.74, 6) is -3.01. The molecule has 0 amide bonds. The predicted molar refractivity (Wildman–Crippen MR) is 116 cm³/mol. The van der Waals surface area contributed by atoms with Crippen molar-refractivity contribution in [2.24, 2.45) is 11.8 Å². The second-order valence-corrected chi connectivity index (χ2v) is 9.09. The molecule has 2 heterocycles. The maximum atomic E-state index is 13.5. The van der Waals surface area contributed by atoms with Crippen molar-refractivity contribution in [1.82, 2.24) is 5.32 Å². The Balaban J connectivity index is 1.96. The van der Waals surface area contributed by atoms with E-state index in [0.29, 0.717) is 29.9 Å². The molecule has 0 radical (unpaired) electrons. The molecular formula is C23H29NO6S. The van der Waals surface area contributed by atoms with Crippen molar-refractivity contribution in [2.75, 3.05) is 20.3 Å². The molecule has 3 rings (SSSR count). The van der Waals surface area contributed by atoms with Crippen molar-refractivity contribution in [3.8, 4) is 0 Å². The number of hydrogen-bond donors (Lipinski definition) is 1. The summed E-state index contributed by atoms with van der Waals surface area (Å²) in [7, 11) is 1.29. The highest BCUT2D eigenvalue weighted by atomic mass is 32.1. The number of ether oxygens (including phenoxy) is 3. The first-order chi connectivity index (χ1) is 14.8. The SMILES string of the molecule is COC(=O)[C@H]1C(=O)C2=C(C[C@H]1C)NC(C)=C(C(=O)OCCOC(C)C)[C@@H]2c1cccs1. The Labute approximate surface area is 186 Å². The van der Waals surface area contributed by atoms with Crippen molar-refractivity contribution in [3.05, 3.63) is 44.9 Å². The number of Topliss-reactive ketones (excluding diaryl/α,β-unsaturated/α-hetero) is 1. The second-order valence-electron chi connectivity index (χ2n) is 8.11. The fourth-order valence-electron chi connectivity index (χ4n) is 4.19. The molecule has 1 aromatic rings. The van der Waals surface area contributed by atoms with E-state index in [4.69, 9.17) is 14.2 Å². The first-order valence-corrected chi connectivity index (χ1v) is 11.3. The highest BCUT2D eigenvalue weighted by molar-refractivity contribution is 7.10. The fourth-order valence-corrected chi connectivity index (χ4v) is 5.03. The average Bonchev–Trinajstić information content (AvgIpc) is 3.24. The molecule has 0 saturated heterocycles. The topological polar surface area (TPSA) is 90.9 Å². The zero-order chi connectivity index (χ0) is 22.7. The molecule has 0 aromatic carbocycles. The van der Waals surface area contributed by atoms with Crippen LogP contribution in [-0.4, -0.2) is 44.1 Å². The molecule has 168 valence electrons. The van der Waals surface area contributed by atoms with Crippen LogP contribution in [0.3, 0.4) is 0 Å². The lowest BCUT2D eigenvalue weighted by Gasteiger charge is -2.37. The van der Waals surface area contributed by atoms with Crippen LogP contribution in [0.15, 0.2) is 40.1 Å². The van der Waals surface area contributed by atoms with Crippen LogP contribution in [0.25, 0.3) is 0 Å². The van der Waals surface area contributed by atoms with Crippen LogP contribution >= 0.6 is 11.3 Å². The molecule has 1 aliphatic carbocycles. The number of thiophene rings is 1. The molecule has 0 bridgehead atoms. The maximum absolute atomic E-state index is 13.5. The van der Waals surface area contributed by atoms with E-state index in [-0.39, 0.29) is 24.4 Å². The smallest absolute Gasteiger partial charge is 0.336 e. The number of carbonyl (C=O) groups is 3. The summed E-state index contributed by atoms with van der Waals surface area (Å²) in [6, 6.07) is 3.77. The van der Waals surface area contributed by atoms with Crippen LogP contribution in [0, 0.1) is 11.8 Å². The van der Waals surface area contributed by atoms with Crippen molar-refractivity contribution >= 4 is 29.1 Å². The number of methoxy groups -OCH3 is 1. The molecule has 0 spiro atoms. The van der Waals surface area contributed by atoms with Crippen LogP contribution in [0.1, 0.15) is 44.9 Å². The van der Waals surface area contributed by atoms with E-state index in [1.54, 1.807) is 0 Å². The third-order valence-corrected chi connectivity index (χ3v) is 6.50. The van der Waals surface area contributed by atoms with Gasteiger partial charge in [0.25, 0.3) is 0 Å². The van der Waals surface area contributed by atoms with Crippen molar-refractivity contribution in [3.63, 3.8) is 0 Å². The highest BCUT2D eigenvalue weighted by Crippen LogP contribution is 2.46. The third kappa shape index (κ3) is 4.75. The Bertz CT molecular complexity index is 915. The number of hydrogen-bond acceptors (Lipinski definition) is 8. The van der Waals surface area contributed by atoms with Crippen molar-refractivity contribution in [2.45, 2.75) is 46.1 Å². The summed E-state index contributed by atoms with van der Waals surface area (Å²) in [6.07, 6.45) is 0.560. The molecule has 1 N–H and O–H groups in total. The van der Waals surface area contributed by atoms with Gasteiger partial charge in [-0.2, -0.15) is 0 Å². The van der Waals surface area contributed by atoms with E-state index in [2.05, 4.69) is 5.32 Å². The lowest BCUT2D eigenvalue weighted by Crippen LogP contribution is -2.43. The Kier molecular flexibility index (Phi) is 7.33. The van der Waals surface area contributed by atoms with Gasteiger partial charge >= 0.3 is 11.9 Å². The summed E-state index contributed by atoms with van der Waals surface area (Å²) >= 11 is 1.46. The minimum absolute atomic E-state index is 0.0414. The molecular weight excluding hydrogens is 418 g/mol. The number of dihydropyridines is 1. The van der Waals surface area contributed by atoms with Gasteiger partial charge in [-0.05, 0) is 44.6 Å². The highest BCUT2D eigenvalue weighted by Gasteiger charge is 2.47. The van der Waals surface area contributed by atoms with Crippen LogP contribution < -0.4 is 5.32 Å². The van der Waals surface area contributed by atoms with Gasteiger partial charge < -0.3 is 19.5 Å². The Hall–Kier alpha value is -2.45. The molecule has 0 unspecified atom stereocenters. The van der Waals surface area contributed by atoms with E-state index >= 15 is 0 Å². The molecule has 0 fully saturated rings. The Morgan fingerprint density at radius 2 is 2.03 bits per heavy atom. The Morgan fingerprint density at radius 1 is 1.29 bits per heavy atom. The van der Waals surface area contributed by atoms with Gasteiger partial charge in [0.05, 0.1) is 31.3 Å². The molecule has 3 atom stereocenters. The van der Waals surface area contributed by atoms with Gasteiger partial charge in [0.15, 0.2) is 5.78 Å². The minimum atomic E-state index is -0.886. The normalized spacial score (nSPS) is 23.5. The van der Waals surface area contributed by atoms with Crippen LogP contribution in [0.4, 0.5) is 0 Å². The summed E-state index contributed by atoms with van der Waals surface area (Å²) in [5, 5.41) is 5.15. The lowest BCUT2D eigenvalue weighted by molar-refractivity contribution is -0.151. The van der Waals surface area contributed by atoms with E-state index in [0.717, 1.165) is 10.6 Å². The van der Waals surface area contributed by atoms with Crippen LogP contribution in [0.5, 0.6) is 0 Å². The molecule has 31 heavy (non-hydrogen) atoms. The van der Waals surface area contributed by atoms with Crippen molar-refractivity contribution in [1.29, 1.82) is 0 Å². The van der Waals surface area contributed by atoms with Gasteiger partial charge in [-0.1, -0.05) is 13.0 Å². The number of esters is 2. The summed E-state index contributed by atoms with van der Waals surface area (Å²) in [6.45, 7) is 7.91. The first kappa shape index (κ1) is 23.2. The van der Waals surface area contributed by atoms with Gasteiger partial charge in [0, 0.05) is 21.8 Å². The van der Waals surface area contributed by atoms with Gasteiger partial charge in [-0.15, -0.1) is 11.3 Å². The van der Waals surface area contributed by atoms with Gasteiger partial charge in [0.1, 0.15) is 12.5 Å². The monoisotopic (exact) mass is 447 g/mol. The number of nitrogens with one attached hydrogen (secondary N) is 1. The fraction of sp³-hybridized carbons (Fsp3) is 0.522. The lowest BCUT2D eigenvalue weighted by atomic mass is 9.70. The zero-order valence-electron chi connectivity index (χ0n) is 18.5. The molecule has 1 aliphatic heterocycles. The molecule has 8 heteroatoms. The van der Waals surface area contributed by atoms with Gasteiger partial charge in [0.2, 0.25) is 0 Å².